The number of rotatable bonds is 4. The normalized spacial score (nSPS) is 11.2. The molecular formula is C15H8F4O5S. The van der Waals surface area contributed by atoms with Crippen molar-refractivity contribution < 1.29 is 40.1 Å². The van der Waals surface area contributed by atoms with Crippen LogP contribution in [0.25, 0.3) is 6.08 Å². The van der Waals surface area contributed by atoms with Crippen LogP contribution in [-0.2, 0) is 10.1 Å². The summed E-state index contributed by atoms with van der Waals surface area (Å²) in [5, 5.41) is 0. The van der Waals surface area contributed by atoms with Crippen molar-refractivity contribution in [2.45, 2.75) is 4.90 Å². The van der Waals surface area contributed by atoms with E-state index in [1.54, 1.807) is 0 Å². The van der Waals surface area contributed by atoms with Crippen molar-refractivity contribution >= 4 is 22.2 Å². The first-order valence-electron chi connectivity index (χ1n) is 6.36. The number of esters is 1. The maximum atomic E-state index is 13.8. The van der Waals surface area contributed by atoms with E-state index in [4.69, 9.17) is 4.55 Å². The molecule has 25 heavy (non-hydrogen) atoms. The second-order valence-electron chi connectivity index (χ2n) is 4.60. The molecule has 0 heterocycles. The van der Waals surface area contributed by atoms with Gasteiger partial charge in [-0.25, -0.2) is 22.4 Å². The zero-order chi connectivity index (χ0) is 18.9. The highest BCUT2D eigenvalue weighted by Gasteiger charge is 2.35. The van der Waals surface area contributed by atoms with E-state index in [2.05, 4.69) is 11.3 Å². The number of hydrogen-bond donors (Lipinski definition) is 1. The third-order valence-electron chi connectivity index (χ3n) is 3.01. The van der Waals surface area contributed by atoms with E-state index >= 15 is 0 Å². The van der Waals surface area contributed by atoms with Gasteiger partial charge in [0.05, 0.1) is 0 Å². The molecule has 0 bridgehead atoms. The van der Waals surface area contributed by atoms with E-state index in [9.17, 15) is 30.8 Å². The Hall–Kier alpha value is -2.72. The van der Waals surface area contributed by atoms with Crippen LogP contribution in [0.1, 0.15) is 15.9 Å². The average Bonchev–Trinajstić information content (AvgIpc) is 2.53. The molecule has 5 nitrogen and oxygen atoms in total. The summed E-state index contributed by atoms with van der Waals surface area (Å²) in [7, 11) is -5.61. The van der Waals surface area contributed by atoms with Gasteiger partial charge in [-0.05, 0) is 17.7 Å². The van der Waals surface area contributed by atoms with Gasteiger partial charge < -0.3 is 4.74 Å². The van der Waals surface area contributed by atoms with E-state index < -0.39 is 49.8 Å². The van der Waals surface area contributed by atoms with Crippen molar-refractivity contribution in [1.82, 2.24) is 0 Å². The molecule has 0 unspecified atom stereocenters. The number of hydrogen-bond acceptors (Lipinski definition) is 4. The highest BCUT2D eigenvalue weighted by molar-refractivity contribution is 7.85. The number of carbonyl (C=O) groups excluding carboxylic acids is 1. The maximum absolute atomic E-state index is 13.8. The summed E-state index contributed by atoms with van der Waals surface area (Å²) in [5.74, 6) is -11.5. The molecule has 2 rings (SSSR count). The lowest BCUT2D eigenvalue weighted by molar-refractivity contribution is 0.0720. The highest BCUT2D eigenvalue weighted by Crippen LogP contribution is 2.28. The molecule has 2 aromatic carbocycles. The third-order valence-corrected chi connectivity index (χ3v) is 3.89. The highest BCUT2D eigenvalue weighted by atomic mass is 32.2. The quantitative estimate of drug-likeness (QED) is 0.291. The van der Waals surface area contributed by atoms with Gasteiger partial charge in [-0.15, -0.1) is 0 Å². The third kappa shape index (κ3) is 3.54. The zero-order valence-corrected chi connectivity index (χ0v) is 12.9. The van der Waals surface area contributed by atoms with Crippen molar-refractivity contribution in [3.63, 3.8) is 0 Å². The standard InChI is InChI=1S/C15H8F4O5S/c1-2-7-3-5-8(6-4-7)24-15(20)9-10(16)12(18)14(25(21,22)23)13(19)11(9)17/h2-6H,1H2,(H,21,22,23). The summed E-state index contributed by atoms with van der Waals surface area (Å²) in [6.07, 6.45) is 1.46. The van der Waals surface area contributed by atoms with Gasteiger partial charge >= 0.3 is 16.1 Å². The molecule has 0 aromatic heterocycles. The van der Waals surface area contributed by atoms with Gasteiger partial charge in [0.1, 0.15) is 11.3 Å². The lowest BCUT2D eigenvalue weighted by Crippen LogP contribution is -2.19. The maximum Gasteiger partial charge on any atom is 0.349 e. The van der Waals surface area contributed by atoms with Gasteiger partial charge in [-0.2, -0.15) is 8.42 Å². The van der Waals surface area contributed by atoms with Crippen LogP contribution in [0.15, 0.2) is 35.7 Å². The van der Waals surface area contributed by atoms with Crippen molar-refractivity contribution in [1.29, 1.82) is 0 Å². The fraction of sp³-hybridized carbons (Fsp3) is 0. The van der Waals surface area contributed by atoms with Gasteiger partial charge in [0.15, 0.2) is 28.2 Å². The Morgan fingerprint density at radius 1 is 1.00 bits per heavy atom. The minimum atomic E-state index is -5.61. The van der Waals surface area contributed by atoms with Crippen LogP contribution in [0.4, 0.5) is 17.6 Å². The Balaban J connectivity index is 2.51. The van der Waals surface area contributed by atoms with Gasteiger partial charge in [-0.1, -0.05) is 24.8 Å². The Kier molecular flexibility index (Phi) is 4.95. The van der Waals surface area contributed by atoms with E-state index in [0.29, 0.717) is 5.56 Å². The smallest absolute Gasteiger partial charge is 0.349 e. The van der Waals surface area contributed by atoms with Crippen LogP contribution in [0.2, 0.25) is 0 Å². The van der Waals surface area contributed by atoms with Gasteiger partial charge in [0.2, 0.25) is 0 Å². The van der Waals surface area contributed by atoms with Crippen molar-refractivity contribution in [3.05, 3.63) is 65.2 Å². The number of benzene rings is 2. The summed E-state index contributed by atoms with van der Waals surface area (Å²) >= 11 is 0. The summed E-state index contributed by atoms with van der Waals surface area (Å²) in [6.45, 7) is 3.48. The second kappa shape index (κ2) is 6.65. The number of ether oxygens (including phenoxy) is 1. The second-order valence-corrected chi connectivity index (χ2v) is 5.96. The van der Waals surface area contributed by atoms with Crippen molar-refractivity contribution in [3.8, 4) is 5.75 Å². The summed E-state index contributed by atoms with van der Waals surface area (Å²) < 4.78 is 89.9. The SMILES string of the molecule is C=Cc1ccc(OC(=O)c2c(F)c(F)c(S(=O)(=O)O)c(F)c2F)cc1. The number of halogens is 4. The van der Waals surface area contributed by atoms with Crippen LogP contribution in [0, 0.1) is 23.3 Å². The molecule has 0 saturated heterocycles. The Bertz CT molecular complexity index is 939. The average molecular weight is 376 g/mol. The summed E-state index contributed by atoms with van der Waals surface area (Å²) in [5.41, 5.74) is -1.15. The predicted molar refractivity (Wildman–Crippen MR) is 77.6 cm³/mol. The molecule has 0 aliphatic rings. The lowest BCUT2D eigenvalue weighted by Gasteiger charge is -2.10. The minimum Gasteiger partial charge on any atom is -0.423 e. The van der Waals surface area contributed by atoms with Crippen molar-refractivity contribution in [2.75, 3.05) is 0 Å². The van der Waals surface area contributed by atoms with E-state index in [1.165, 1.54) is 30.3 Å². The first kappa shape index (κ1) is 18.6. The molecule has 2 aromatic rings. The summed E-state index contributed by atoms with van der Waals surface area (Å²) in [6, 6.07) is 5.32. The molecule has 0 aliphatic heterocycles. The zero-order valence-electron chi connectivity index (χ0n) is 12.1. The Morgan fingerprint density at radius 3 is 1.88 bits per heavy atom. The van der Waals surface area contributed by atoms with Crippen molar-refractivity contribution in [2.24, 2.45) is 0 Å². The van der Waals surface area contributed by atoms with Crippen LogP contribution in [0.5, 0.6) is 5.75 Å². The topological polar surface area (TPSA) is 80.7 Å². The van der Waals surface area contributed by atoms with Crippen LogP contribution < -0.4 is 4.74 Å². The summed E-state index contributed by atoms with van der Waals surface area (Å²) in [4.78, 5) is 9.57. The van der Waals surface area contributed by atoms with Gasteiger partial charge in [-0.3, -0.25) is 4.55 Å². The van der Waals surface area contributed by atoms with E-state index in [1.807, 2.05) is 0 Å². The molecule has 0 spiro atoms. The molecule has 0 fully saturated rings. The monoisotopic (exact) mass is 376 g/mol. The molecule has 0 radical (unpaired) electrons. The molecule has 0 atom stereocenters. The molecule has 132 valence electrons. The van der Waals surface area contributed by atoms with Crippen LogP contribution >= 0.6 is 0 Å². The minimum absolute atomic E-state index is 0.200. The first-order chi connectivity index (χ1) is 11.6. The van der Waals surface area contributed by atoms with E-state index in [-0.39, 0.29) is 5.75 Å². The molecular weight excluding hydrogens is 368 g/mol. The van der Waals surface area contributed by atoms with Crippen LogP contribution in [-0.4, -0.2) is 18.9 Å². The van der Waals surface area contributed by atoms with Gasteiger partial charge in [0, 0.05) is 0 Å². The fourth-order valence-corrected chi connectivity index (χ4v) is 2.48. The Morgan fingerprint density at radius 2 is 1.48 bits per heavy atom. The molecule has 0 aliphatic carbocycles. The lowest BCUT2D eigenvalue weighted by atomic mass is 10.1. The van der Waals surface area contributed by atoms with Crippen LogP contribution in [0.3, 0.4) is 0 Å². The largest absolute Gasteiger partial charge is 0.423 e. The Labute approximate surface area is 138 Å². The van der Waals surface area contributed by atoms with Gasteiger partial charge in [0.25, 0.3) is 0 Å². The molecule has 1 N–H and O–H groups in total. The first-order valence-corrected chi connectivity index (χ1v) is 7.80. The molecule has 0 saturated carbocycles. The predicted octanol–water partition coefficient (Wildman–Crippen LogP) is 3.35. The molecule has 0 amide bonds. The number of carbonyl (C=O) groups is 1. The fourth-order valence-electron chi connectivity index (χ4n) is 1.85. The molecule has 10 heteroatoms. The van der Waals surface area contributed by atoms with E-state index in [0.717, 1.165) is 0 Å².